The van der Waals surface area contributed by atoms with E-state index in [1.165, 1.54) is 6.21 Å². The number of nitrogens with zero attached hydrogens (tertiary/aromatic N) is 2. The Kier molecular flexibility index (Phi) is 3.31. The smallest absolute Gasteiger partial charge is 0.329 e. The van der Waals surface area contributed by atoms with Crippen molar-refractivity contribution in [1.29, 1.82) is 0 Å². The molecule has 0 unspecified atom stereocenters. The van der Waals surface area contributed by atoms with Crippen LogP contribution in [-0.2, 0) is 9.59 Å². The molecule has 0 saturated carbocycles. The number of aromatic nitrogens is 1. The summed E-state index contributed by atoms with van der Waals surface area (Å²) in [4.78, 5) is 24.7. The normalized spacial score (nSPS) is 10.0. The van der Waals surface area contributed by atoms with Crippen molar-refractivity contribution < 1.29 is 9.59 Å². The van der Waals surface area contributed by atoms with Gasteiger partial charge < -0.3 is 5.73 Å². The van der Waals surface area contributed by atoms with Crippen molar-refractivity contribution in [2.75, 3.05) is 0 Å². The van der Waals surface area contributed by atoms with Gasteiger partial charge in [-0.1, -0.05) is 0 Å². The molecular weight excluding hydrogens is 184 g/mol. The van der Waals surface area contributed by atoms with E-state index in [-0.39, 0.29) is 0 Å². The topological polar surface area (TPSA) is 97.4 Å². The van der Waals surface area contributed by atoms with Crippen molar-refractivity contribution in [1.82, 2.24) is 10.4 Å². The first-order chi connectivity index (χ1) is 6.70. The van der Waals surface area contributed by atoms with Crippen LogP contribution in [0.25, 0.3) is 0 Å². The van der Waals surface area contributed by atoms with Crippen LogP contribution >= 0.6 is 0 Å². The number of primary amides is 1. The fourth-order valence-electron chi connectivity index (χ4n) is 0.670. The van der Waals surface area contributed by atoms with Crippen LogP contribution in [0.2, 0.25) is 0 Å². The summed E-state index contributed by atoms with van der Waals surface area (Å²) >= 11 is 0. The third kappa shape index (κ3) is 3.02. The van der Waals surface area contributed by atoms with Crippen LogP contribution in [0.5, 0.6) is 0 Å². The van der Waals surface area contributed by atoms with Gasteiger partial charge in [-0.15, -0.1) is 0 Å². The summed E-state index contributed by atoms with van der Waals surface area (Å²) < 4.78 is 0. The van der Waals surface area contributed by atoms with E-state index in [4.69, 9.17) is 0 Å². The summed E-state index contributed by atoms with van der Waals surface area (Å²) in [5, 5.41) is 3.51. The molecular formula is C8H8N4O2. The first-order valence-corrected chi connectivity index (χ1v) is 3.73. The van der Waals surface area contributed by atoms with Gasteiger partial charge >= 0.3 is 11.8 Å². The van der Waals surface area contributed by atoms with Crippen LogP contribution in [-0.4, -0.2) is 23.0 Å². The molecule has 0 aliphatic carbocycles. The largest absolute Gasteiger partial charge is 0.361 e. The van der Waals surface area contributed by atoms with E-state index in [2.05, 4.69) is 15.8 Å². The van der Waals surface area contributed by atoms with E-state index in [0.717, 1.165) is 5.56 Å². The molecule has 0 fully saturated rings. The average Bonchev–Trinajstić information content (AvgIpc) is 2.19. The fourth-order valence-corrected chi connectivity index (χ4v) is 0.670. The number of nitrogens with two attached hydrogens (primary N) is 1. The van der Waals surface area contributed by atoms with Crippen LogP contribution in [0.1, 0.15) is 5.56 Å². The molecule has 6 nitrogen and oxygen atoms in total. The van der Waals surface area contributed by atoms with Gasteiger partial charge in [-0.3, -0.25) is 14.6 Å². The van der Waals surface area contributed by atoms with Gasteiger partial charge in [-0.2, -0.15) is 5.10 Å². The molecule has 0 aromatic carbocycles. The Morgan fingerprint density at radius 3 is 2.64 bits per heavy atom. The summed E-state index contributed by atoms with van der Waals surface area (Å²) in [7, 11) is 0. The molecule has 0 bridgehead atoms. The summed E-state index contributed by atoms with van der Waals surface area (Å²) in [6, 6.07) is 3.39. The van der Waals surface area contributed by atoms with E-state index in [1.54, 1.807) is 24.5 Å². The minimum Gasteiger partial charge on any atom is -0.361 e. The third-order valence-corrected chi connectivity index (χ3v) is 1.31. The van der Waals surface area contributed by atoms with E-state index in [1.807, 2.05) is 5.43 Å². The van der Waals surface area contributed by atoms with Crippen LogP contribution in [0.15, 0.2) is 29.6 Å². The van der Waals surface area contributed by atoms with Crippen LogP contribution in [0.4, 0.5) is 0 Å². The Balaban J connectivity index is 2.50. The lowest BCUT2D eigenvalue weighted by atomic mass is 10.3. The van der Waals surface area contributed by atoms with Gasteiger partial charge in [0.2, 0.25) is 0 Å². The first-order valence-electron chi connectivity index (χ1n) is 3.73. The van der Waals surface area contributed by atoms with Crippen molar-refractivity contribution in [3.8, 4) is 0 Å². The first kappa shape index (κ1) is 9.85. The lowest BCUT2D eigenvalue weighted by Crippen LogP contribution is -2.32. The molecule has 0 spiro atoms. The molecule has 0 aliphatic rings. The number of carbonyl (C=O) groups excluding carboxylic acids is 2. The second-order valence-corrected chi connectivity index (χ2v) is 2.34. The number of carbonyl (C=O) groups is 2. The highest BCUT2D eigenvalue weighted by atomic mass is 16.2. The Labute approximate surface area is 79.8 Å². The summed E-state index contributed by atoms with van der Waals surface area (Å²) in [5.74, 6) is -2.02. The predicted octanol–water partition coefficient (Wildman–Crippen LogP) is -0.983. The number of nitrogens with one attached hydrogen (secondary N) is 1. The molecule has 1 aromatic heterocycles. The van der Waals surface area contributed by atoms with Crippen LogP contribution in [0.3, 0.4) is 0 Å². The molecule has 3 N–H and O–H groups in total. The minimum atomic E-state index is -1.07. The van der Waals surface area contributed by atoms with Gasteiger partial charge in [-0.25, -0.2) is 5.43 Å². The van der Waals surface area contributed by atoms with Crippen LogP contribution in [0, 0.1) is 0 Å². The molecule has 72 valence electrons. The molecule has 2 amide bonds. The van der Waals surface area contributed by atoms with Crippen molar-refractivity contribution in [3.63, 3.8) is 0 Å². The van der Waals surface area contributed by atoms with Gasteiger partial charge in [0, 0.05) is 12.4 Å². The zero-order chi connectivity index (χ0) is 10.4. The monoisotopic (exact) mass is 192 g/mol. The maximum absolute atomic E-state index is 10.6. The highest BCUT2D eigenvalue weighted by molar-refractivity contribution is 6.34. The second-order valence-electron chi connectivity index (χ2n) is 2.34. The second kappa shape index (κ2) is 4.70. The number of hydrazone groups is 1. The maximum Gasteiger partial charge on any atom is 0.329 e. The number of hydrogen-bond acceptors (Lipinski definition) is 4. The van der Waals surface area contributed by atoms with Crippen LogP contribution < -0.4 is 11.2 Å². The number of rotatable bonds is 2. The zero-order valence-corrected chi connectivity index (χ0v) is 7.18. The molecule has 0 atom stereocenters. The van der Waals surface area contributed by atoms with Gasteiger partial charge in [-0.05, 0) is 17.7 Å². The molecule has 1 aromatic rings. The van der Waals surface area contributed by atoms with Gasteiger partial charge in [0.1, 0.15) is 0 Å². The number of amides is 2. The highest BCUT2D eigenvalue weighted by Crippen LogP contribution is 1.89. The SMILES string of the molecule is NC(=O)C(=O)N/N=C\c1ccncc1. The Bertz CT molecular complexity index is 361. The maximum atomic E-state index is 10.6. The standard InChI is InChI=1S/C8H8N4O2/c9-7(13)8(14)12-11-5-6-1-3-10-4-2-6/h1-5H,(H2,9,13)(H,12,14)/b11-5-. The zero-order valence-electron chi connectivity index (χ0n) is 7.18. The number of pyridine rings is 1. The minimum absolute atomic E-state index is 0.754. The van der Waals surface area contributed by atoms with Crippen molar-refractivity contribution in [2.45, 2.75) is 0 Å². The molecule has 0 aliphatic heterocycles. The average molecular weight is 192 g/mol. The number of hydrogen-bond donors (Lipinski definition) is 2. The summed E-state index contributed by atoms with van der Waals surface area (Å²) in [6.07, 6.45) is 4.54. The Morgan fingerprint density at radius 1 is 1.43 bits per heavy atom. The van der Waals surface area contributed by atoms with Gasteiger partial charge in [0.25, 0.3) is 0 Å². The highest BCUT2D eigenvalue weighted by Gasteiger charge is 2.04. The fraction of sp³-hybridized carbons (Fsp3) is 0. The van der Waals surface area contributed by atoms with E-state index in [9.17, 15) is 9.59 Å². The molecule has 1 heterocycles. The van der Waals surface area contributed by atoms with Crippen molar-refractivity contribution in [3.05, 3.63) is 30.1 Å². The lowest BCUT2D eigenvalue weighted by Gasteiger charge is -1.93. The van der Waals surface area contributed by atoms with Gasteiger partial charge in [0.15, 0.2) is 0 Å². The van der Waals surface area contributed by atoms with E-state index >= 15 is 0 Å². The third-order valence-electron chi connectivity index (χ3n) is 1.31. The lowest BCUT2D eigenvalue weighted by molar-refractivity contribution is -0.137. The molecule has 14 heavy (non-hydrogen) atoms. The van der Waals surface area contributed by atoms with Gasteiger partial charge in [0.05, 0.1) is 6.21 Å². The molecule has 0 saturated heterocycles. The molecule has 1 rings (SSSR count). The van der Waals surface area contributed by atoms with Crippen molar-refractivity contribution >= 4 is 18.0 Å². The Morgan fingerprint density at radius 2 is 2.07 bits per heavy atom. The quantitative estimate of drug-likeness (QED) is 0.358. The Hall–Kier alpha value is -2.24. The van der Waals surface area contributed by atoms with Crippen molar-refractivity contribution in [2.24, 2.45) is 10.8 Å². The molecule has 0 radical (unpaired) electrons. The van der Waals surface area contributed by atoms with E-state index in [0.29, 0.717) is 0 Å². The summed E-state index contributed by atoms with van der Waals surface area (Å²) in [5.41, 5.74) is 7.40. The summed E-state index contributed by atoms with van der Waals surface area (Å²) in [6.45, 7) is 0. The molecule has 6 heteroatoms. The van der Waals surface area contributed by atoms with E-state index < -0.39 is 11.8 Å². The predicted molar refractivity (Wildman–Crippen MR) is 49.2 cm³/mol.